The summed E-state index contributed by atoms with van der Waals surface area (Å²) in [7, 11) is 0. The second kappa shape index (κ2) is 6.38. The van der Waals surface area contributed by atoms with Crippen molar-refractivity contribution in [2.24, 2.45) is 0 Å². The standard InChI is InChI=1S/C12H22ClN3O/c1-4-14-12(3,9-17)6-5-7-16-10(2)11(13)8-15-16/h8,14,17H,4-7,9H2,1-3H3. The molecule has 0 spiro atoms. The first kappa shape index (κ1) is 14.5. The van der Waals surface area contributed by atoms with E-state index in [4.69, 9.17) is 11.6 Å². The number of aryl methyl sites for hydroxylation is 1. The van der Waals surface area contributed by atoms with Crippen LogP contribution in [0.15, 0.2) is 6.20 Å². The van der Waals surface area contributed by atoms with Crippen molar-refractivity contribution in [1.82, 2.24) is 15.1 Å². The molecule has 0 radical (unpaired) electrons. The maximum Gasteiger partial charge on any atom is 0.0814 e. The van der Waals surface area contributed by atoms with Gasteiger partial charge in [-0.3, -0.25) is 4.68 Å². The zero-order valence-corrected chi connectivity index (χ0v) is 11.6. The Hall–Kier alpha value is -0.580. The van der Waals surface area contributed by atoms with E-state index >= 15 is 0 Å². The lowest BCUT2D eigenvalue weighted by atomic mass is 9.97. The average Bonchev–Trinajstić information content (AvgIpc) is 2.61. The molecular formula is C12H22ClN3O. The van der Waals surface area contributed by atoms with E-state index < -0.39 is 0 Å². The first-order valence-electron chi connectivity index (χ1n) is 6.06. The van der Waals surface area contributed by atoms with Crippen LogP contribution >= 0.6 is 11.6 Å². The van der Waals surface area contributed by atoms with Gasteiger partial charge in [-0.15, -0.1) is 0 Å². The Morgan fingerprint density at radius 3 is 2.76 bits per heavy atom. The SMILES string of the molecule is CCNC(C)(CO)CCCn1ncc(Cl)c1C. The third kappa shape index (κ3) is 3.98. The van der Waals surface area contributed by atoms with Crippen LogP contribution in [0, 0.1) is 6.92 Å². The van der Waals surface area contributed by atoms with E-state index in [2.05, 4.69) is 10.4 Å². The fourth-order valence-electron chi connectivity index (χ4n) is 1.92. The van der Waals surface area contributed by atoms with Gasteiger partial charge >= 0.3 is 0 Å². The number of hydrogen-bond donors (Lipinski definition) is 2. The molecular weight excluding hydrogens is 238 g/mol. The summed E-state index contributed by atoms with van der Waals surface area (Å²) in [5.74, 6) is 0. The molecule has 2 N–H and O–H groups in total. The van der Waals surface area contributed by atoms with Gasteiger partial charge in [0.05, 0.1) is 23.5 Å². The summed E-state index contributed by atoms with van der Waals surface area (Å²) < 4.78 is 1.91. The third-order valence-electron chi connectivity index (χ3n) is 3.09. The second-order valence-corrected chi connectivity index (χ2v) is 5.06. The molecule has 1 aromatic rings. The maximum absolute atomic E-state index is 9.37. The first-order chi connectivity index (χ1) is 8.02. The van der Waals surface area contributed by atoms with E-state index in [-0.39, 0.29) is 12.1 Å². The highest BCUT2D eigenvalue weighted by Crippen LogP contribution is 2.16. The van der Waals surface area contributed by atoms with Crippen molar-refractivity contribution < 1.29 is 5.11 Å². The van der Waals surface area contributed by atoms with E-state index in [1.807, 2.05) is 25.5 Å². The molecule has 1 atom stereocenters. The molecule has 0 bridgehead atoms. The van der Waals surface area contributed by atoms with Crippen LogP contribution in [0.2, 0.25) is 5.02 Å². The van der Waals surface area contributed by atoms with Gasteiger partial charge in [0.15, 0.2) is 0 Å². The molecule has 4 nitrogen and oxygen atoms in total. The number of aromatic nitrogens is 2. The fourth-order valence-corrected chi connectivity index (χ4v) is 2.06. The zero-order valence-electron chi connectivity index (χ0n) is 10.8. The summed E-state index contributed by atoms with van der Waals surface area (Å²) in [6.07, 6.45) is 3.55. The van der Waals surface area contributed by atoms with Gasteiger partial charge in [-0.1, -0.05) is 18.5 Å². The molecule has 0 fully saturated rings. The number of aliphatic hydroxyl groups is 1. The van der Waals surface area contributed by atoms with E-state index in [0.29, 0.717) is 5.02 Å². The highest BCUT2D eigenvalue weighted by molar-refractivity contribution is 6.31. The van der Waals surface area contributed by atoms with Crippen molar-refractivity contribution in [2.45, 2.75) is 45.7 Å². The minimum absolute atomic E-state index is 0.152. The Morgan fingerprint density at radius 1 is 1.59 bits per heavy atom. The topological polar surface area (TPSA) is 50.1 Å². The molecule has 0 saturated carbocycles. The highest BCUT2D eigenvalue weighted by atomic mass is 35.5. The number of nitrogens with one attached hydrogen (secondary N) is 1. The summed E-state index contributed by atoms with van der Waals surface area (Å²) in [5, 5.41) is 17.6. The number of rotatable bonds is 7. The lowest BCUT2D eigenvalue weighted by Gasteiger charge is -2.28. The smallest absolute Gasteiger partial charge is 0.0814 e. The van der Waals surface area contributed by atoms with Crippen LogP contribution in [-0.4, -0.2) is 33.6 Å². The molecule has 1 heterocycles. The maximum atomic E-state index is 9.37. The summed E-state index contributed by atoms with van der Waals surface area (Å²) in [5.41, 5.74) is 0.806. The van der Waals surface area contributed by atoms with Crippen molar-refractivity contribution in [3.8, 4) is 0 Å². The van der Waals surface area contributed by atoms with Crippen LogP contribution in [0.3, 0.4) is 0 Å². The molecule has 0 amide bonds. The average molecular weight is 260 g/mol. The quantitative estimate of drug-likeness (QED) is 0.787. The van der Waals surface area contributed by atoms with Crippen molar-refractivity contribution in [2.75, 3.05) is 13.2 Å². The van der Waals surface area contributed by atoms with Crippen LogP contribution in [0.5, 0.6) is 0 Å². The highest BCUT2D eigenvalue weighted by Gasteiger charge is 2.21. The zero-order chi connectivity index (χ0) is 12.9. The fraction of sp³-hybridized carbons (Fsp3) is 0.750. The van der Waals surface area contributed by atoms with Gasteiger partial charge in [-0.25, -0.2) is 0 Å². The summed E-state index contributed by atoms with van der Waals surface area (Å²) >= 11 is 5.94. The molecule has 17 heavy (non-hydrogen) atoms. The van der Waals surface area contributed by atoms with Crippen LogP contribution in [0.25, 0.3) is 0 Å². The van der Waals surface area contributed by atoms with Gasteiger partial charge in [-0.05, 0) is 33.2 Å². The van der Waals surface area contributed by atoms with Gasteiger partial charge in [0.25, 0.3) is 0 Å². The van der Waals surface area contributed by atoms with Gasteiger partial charge in [-0.2, -0.15) is 5.10 Å². The Labute approximate surface area is 108 Å². The molecule has 0 aliphatic heterocycles. The number of nitrogens with zero attached hydrogens (tertiary/aromatic N) is 2. The monoisotopic (exact) mass is 259 g/mol. The molecule has 0 aromatic carbocycles. The van der Waals surface area contributed by atoms with Gasteiger partial charge in [0, 0.05) is 12.1 Å². The second-order valence-electron chi connectivity index (χ2n) is 4.65. The Balaban J connectivity index is 2.44. The van der Waals surface area contributed by atoms with E-state index in [1.165, 1.54) is 0 Å². The van der Waals surface area contributed by atoms with Crippen molar-refractivity contribution in [3.05, 3.63) is 16.9 Å². The van der Waals surface area contributed by atoms with E-state index in [9.17, 15) is 5.11 Å². The Kier molecular flexibility index (Phi) is 5.43. The third-order valence-corrected chi connectivity index (χ3v) is 3.47. The lowest BCUT2D eigenvalue weighted by Crippen LogP contribution is -2.45. The minimum Gasteiger partial charge on any atom is -0.394 e. The van der Waals surface area contributed by atoms with Crippen molar-refractivity contribution >= 4 is 11.6 Å². The molecule has 1 rings (SSSR count). The van der Waals surface area contributed by atoms with Crippen molar-refractivity contribution in [3.63, 3.8) is 0 Å². The van der Waals surface area contributed by atoms with Gasteiger partial charge in [0.2, 0.25) is 0 Å². The van der Waals surface area contributed by atoms with Gasteiger partial charge < -0.3 is 10.4 Å². The molecule has 5 heteroatoms. The number of hydrogen-bond acceptors (Lipinski definition) is 3. The van der Waals surface area contributed by atoms with E-state index in [0.717, 1.165) is 31.6 Å². The number of aliphatic hydroxyl groups excluding tert-OH is 1. The Bertz CT molecular complexity index is 354. The minimum atomic E-state index is -0.195. The number of halogens is 1. The van der Waals surface area contributed by atoms with Crippen LogP contribution in [-0.2, 0) is 6.54 Å². The predicted octanol–water partition coefficient (Wildman–Crippen LogP) is 1.99. The molecule has 0 aliphatic rings. The summed E-state index contributed by atoms with van der Waals surface area (Å²) in [6.45, 7) is 7.90. The Morgan fingerprint density at radius 2 is 2.29 bits per heavy atom. The molecule has 98 valence electrons. The van der Waals surface area contributed by atoms with Crippen LogP contribution < -0.4 is 5.32 Å². The summed E-state index contributed by atoms with van der Waals surface area (Å²) in [6, 6.07) is 0. The number of likely N-dealkylation sites (N-methyl/N-ethyl adjacent to an activating group) is 1. The normalized spacial score (nSPS) is 14.9. The lowest BCUT2D eigenvalue weighted by molar-refractivity contribution is 0.163. The van der Waals surface area contributed by atoms with E-state index in [1.54, 1.807) is 6.20 Å². The van der Waals surface area contributed by atoms with Crippen LogP contribution in [0.4, 0.5) is 0 Å². The van der Waals surface area contributed by atoms with Crippen LogP contribution in [0.1, 0.15) is 32.4 Å². The largest absolute Gasteiger partial charge is 0.394 e. The van der Waals surface area contributed by atoms with Crippen molar-refractivity contribution in [1.29, 1.82) is 0 Å². The molecule has 0 aliphatic carbocycles. The predicted molar refractivity (Wildman–Crippen MR) is 70.4 cm³/mol. The molecule has 1 unspecified atom stereocenters. The molecule has 0 saturated heterocycles. The molecule has 1 aromatic heterocycles. The van der Waals surface area contributed by atoms with Gasteiger partial charge in [0.1, 0.15) is 0 Å². The summed E-state index contributed by atoms with van der Waals surface area (Å²) in [4.78, 5) is 0. The first-order valence-corrected chi connectivity index (χ1v) is 6.44.